The van der Waals surface area contributed by atoms with Crippen molar-refractivity contribution in [1.82, 2.24) is 10.3 Å². The van der Waals surface area contributed by atoms with Crippen molar-refractivity contribution in [1.29, 1.82) is 0 Å². The number of aromatic nitrogens is 1. The molecule has 1 unspecified atom stereocenters. The quantitative estimate of drug-likeness (QED) is 0.780. The van der Waals surface area contributed by atoms with E-state index in [9.17, 15) is 0 Å². The van der Waals surface area contributed by atoms with Gasteiger partial charge in [-0.1, -0.05) is 13.0 Å². The number of thiophene rings is 1. The third kappa shape index (κ3) is 3.88. The summed E-state index contributed by atoms with van der Waals surface area (Å²) in [7, 11) is 1.99. The van der Waals surface area contributed by atoms with Gasteiger partial charge in [-0.3, -0.25) is 4.98 Å². The van der Waals surface area contributed by atoms with E-state index in [0.717, 1.165) is 22.3 Å². The average Bonchev–Trinajstić information content (AvgIpc) is 2.75. The van der Waals surface area contributed by atoms with Gasteiger partial charge in [-0.2, -0.15) is 0 Å². The summed E-state index contributed by atoms with van der Waals surface area (Å²) in [5.74, 6) is 0. The van der Waals surface area contributed by atoms with Gasteiger partial charge in [0.15, 0.2) is 0 Å². The van der Waals surface area contributed by atoms with Crippen molar-refractivity contribution in [3.8, 4) is 0 Å². The van der Waals surface area contributed by atoms with Crippen molar-refractivity contribution in [2.45, 2.75) is 25.8 Å². The largest absolute Gasteiger partial charge is 0.313 e. The van der Waals surface area contributed by atoms with Gasteiger partial charge in [-0.05, 0) is 68.6 Å². The molecule has 2 rings (SSSR count). The summed E-state index contributed by atoms with van der Waals surface area (Å²) >= 11 is 8.86. The Hall–Kier alpha value is -0.230. The molecule has 2 aromatic rings. The van der Waals surface area contributed by atoms with Crippen LogP contribution in [0.3, 0.4) is 0 Å². The van der Waals surface area contributed by atoms with Crippen LogP contribution < -0.4 is 5.32 Å². The Kier molecular flexibility index (Phi) is 5.57. The number of nitrogens with zero attached hydrogens (tertiary/aromatic N) is 1. The van der Waals surface area contributed by atoms with Crippen LogP contribution in [0.15, 0.2) is 32.0 Å². The number of likely N-dealkylation sites (N-methyl/N-ethyl adjacent to an activating group) is 1. The van der Waals surface area contributed by atoms with Crippen LogP contribution >= 0.6 is 43.2 Å². The van der Waals surface area contributed by atoms with Crippen LogP contribution in [-0.2, 0) is 12.8 Å². The lowest BCUT2D eigenvalue weighted by Gasteiger charge is -2.15. The van der Waals surface area contributed by atoms with E-state index in [-0.39, 0.29) is 6.04 Å². The zero-order valence-electron chi connectivity index (χ0n) is 10.9. The molecule has 0 aliphatic heterocycles. The molecule has 0 saturated carbocycles. The number of hydrogen-bond acceptors (Lipinski definition) is 3. The predicted molar refractivity (Wildman–Crippen MR) is 88.8 cm³/mol. The molecule has 0 spiro atoms. The minimum Gasteiger partial charge on any atom is -0.313 e. The molecule has 19 heavy (non-hydrogen) atoms. The van der Waals surface area contributed by atoms with E-state index in [1.54, 1.807) is 11.3 Å². The van der Waals surface area contributed by atoms with E-state index in [1.165, 1.54) is 14.9 Å². The van der Waals surface area contributed by atoms with Crippen molar-refractivity contribution < 1.29 is 0 Å². The molecule has 0 amide bonds. The summed E-state index contributed by atoms with van der Waals surface area (Å²) in [6.07, 6.45) is 3.90. The van der Waals surface area contributed by atoms with Crippen LogP contribution in [0.1, 0.15) is 29.8 Å². The normalized spacial score (nSPS) is 12.6. The molecular formula is C14H16Br2N2S. The number of aryl methyl sites for hydroxylation is 1. The molecule has 2 aromatic heterocycles. The van der Waals surface area contributed by atoms with Gasteiger partial charge in [0, 0.05) is 24.4 Å². The van der Waals surface area contributed by atoms with Crippen LogP contribution in [0.2, 0.25) is 0 Å². The second kappa shape index (κ2) is 6.97. The first-order valence-corrected chi connectivity index (χ1v) is 8.60. The van der Waals surface area contributed by atoms with Crippen LogP contribution in [-0.4, -0.2) is 12.0 Å². The summed E-state index contributed by atoms with van der Waals surface area (Å²) in [5, 5.41) is 3.37. The zero-order chi connectivity index (χ0) is 13.8. The lowest BCUT2D eigenvalue weighted by molar-refractivity contribution is 0.584. The molecule has 2 heterocycles. The summed E-state index contributed by atoms with van der Waals surface area (Å²) in [5.41, 5.74) is 3.68. The molecule has 0 fully saturated rings. The highest BCUT2D eigenvalue weighted by Gasteiger charge is 2.16. The highest BCUT2D eigenvalue weighted by Crippen LogP contribution is 2.36. The lowest BCUT2D eigenvalue weighted by Crippen LogP contribution is -2.19. The third-order valence-electron chi connectivity index (χ3n) is 3.11. The fourth-order valence-electron chi connectivity index (χ4n) is 1.95. The second-order valence-corrected chi connectivity index (χ2v) is 8.09. The van der Waals surface area contributed by atoms with Crippen molar-refractivity contribution in [2.24, 2.45) is 0 Å². The Balaban J connectivity index is 2.16. The average molecular weight is 404 g/mol. The van der Waals surface area contributed by atoms with Crippen molar-refractivity contribution in [2.75, 3.05) is 7.05 Å². The van der Waals surface area contributed by atoms with E-state index in [1.807, 2.05) is 13.2 Å². The summed E-state index contributed by atoms with van der Waals surface area (Å²) in [4.78, 5) is 4.54. The maximum absolute atomic E-state index is 4.54. The molecule has 102 valence electrons. The van der Waals surface area contributed by atoms with Crippen molar-refractivity contribution in [3.05, 3.63) is 48.8 Å². The molecule has 1 N–H and O–H groups in total. The lowest BCUT2D eigenvalue weighted by atomic mass is 10.0. The summed E-state index contributed by atoms with van der Waals surface area (Å²) < 4.78 is 2.31. The molecular weight excluding hydrogens is 388 g/mol. The molecule has 0 aliphatic rings. The Morgan fingerprint density at radius 3 is 2.63 bits per heavy atom. The maximum Gasteiger partial charge on any atom is 0.0758 e. The Morgan fingerprint density at radius 1 is 1.37 bits per heavy atom. The molecule has 0 bridgehead atoms. The molecule has 0 saturated heterocycles. The van der Waals surface area contributed by atoms with Gasteiger partial charge in [0.25, 0.3) is 0 Å². The van der Waals surface area contributed by atoms with E-state index < -0.39 is 0 Å². The number of halogens is 2. The molecule has 0 aliphatic carbocycles. The minimum atomic E-state index is 0.275. The highest BCUT2D eigenvalue weighted by atomic mass is 79.9. The SMILES string of the molecule is CCc1ccc(CC(NC)c2cc(Br)sc2Br)nc1. The van der Waals surface area contributed by atoms with Crippen molar-refractivity contribution >= 4 is 43.2 Å². The fraction of sp³-hybridized carbons (Fsp3) is 0.357. The first-order chi connectivity index (χ1) is 9.13. The van der Waals surface area contributed by atoms with Gasteiger partial charge in [0.1, 0.15) is 0 Å². The fourth-order valence-corrected chi connectivity index (χ4v) is 4.93. The van der Waals surface area contributed by atoms with Gasteiger partial charge in [-0.25, -0.2) is 0 Å². The van der Waals surface area contributed by atoms with Gasteiger partial charge in [0.2, 0.25) is 0 Å². The zero-order valence-corrected chi connectivity index (χ0v) is 14.9. The summed E-state index contributed by atoms with van der Waals surface area (Å²) in [6, 6.07) is 6.72. The van der Waals surface area contributed by atoms with E-state index in [4.69, 9.17) is 0 Å². The molecule has 2 nitrogen and oxygen atoms in total. The number of hydrogen-bond donors (Lipinski definition) is 1. The van der Waals surface area contributed by atoms with E-state index in [0.29, 0.717) is 0 Å². The standard InChI is InChI=1S/C14H16Br2N2S/c1-3-9-4-5-10(18-8-9)6-12(17-2)11-7-13(15)19-14(11)16/h4-5,7-8,12,17H,3,6H2,1-2H3. The highest BCUT2D eigenvalue weighted by molar-refractivity contribution is 9.12. The topological polar surface area (TPSA) is 24.9 Å². The van der Waals surface area contributed by atoms with Crippen molar-refractivity contribution in [3.63, 3.8) is 0 Å². The first kappa shape index (κ1) is 15.2. The molecule has 5 heteroatoms. The Morgan fingerprint density at radius 2 is 2.16 bits per heavy atom. The van der Waals surface area contributed by atoms with Crippen LogP contribution in [0.5, 0.6) is 0 Å². The van der Waals surface area contributed by atoms with Gasteiger partial charge < -0.3 is 5.32 Å². The van der Waals surface area contributed by atoms with Crippen LogP contribution in [0.4, 0.5) is 0 Å². The number of nitrogens with one attached hydrogen (secondary N) is 1. The monoisotopic (exact) mass is 402 g/mol. The Bertz CT molecular complexity index is 537. The predicted octanol–water partition coefficient (Wildman–Crippen LogP) is 4.73. The number of rotatable bonds is 5. The van der Waals surface area contributed by atoms with Crippen LogP contribution in [0, 0.1) is 0 Å². The van der Waals surface area contributed by atoms with E-state index >= 15 is 0 Å². The molecule has 1 atom stereocenters. The molecule has 0 aromatic carbocycles. The van der Waals surface area contributed by atoms with Gasteiger partial charge >= 0.3 is 0 Å². The minimum absolute atomic E-state index is 0.275. The maximum atomic E-state index is 4.54. The Labute approximate surface area is 134 Å². The smallest absolute Gasteiger partial charge is 0.0758 e. The van der Waals surface area contributed by atoms with Crippen LogP contribution in [0.25, 0.3) is 0 Å². The van der Waals surface area contributed by atoms with Gasteiger partial charge in [0.05, 0.1) is 7.57 Å². The summed E-state index contributed by atoms with van der Waals surface area (Å²) in [6.45, 7) is 2.15. The second-order valence-electron chi connectivity index (χ2n) is 4.34. The van der Waals surface area contributed by atoms with Gasteiger partial charge in [-0.15, -0.1) is 11.3 Å². The molecule has 0 radical (unpaired) electrons. The number of pyridine rings is 1. The van der Waals surface area contributed by atoms with E-state index in [2.05, 4.69) is 67.3 Å². The first-order valence-electron chi connectivity index (χ1n) is 6.19. The third-order valence-corrected chi connectivity index (χ3v) is 5.50.